The second kappa shape index (κ2) is 5.26. The summed E-state index contributed by atoms with van der Waals surface area (Å²) in [6.07, 6.45) is 2.87. The van der Waals surface area contributed by atoms with Crippen LogP contribution in [0, 0.1) is 0 Å². The highest BCUT2D eigenvalue weighted by atomic mass is 16.4. The molecule has 0 aliphatic carbocycles. The number of carbonyl (C=O) groups excluding carboxylic acids is 1. The average molecular weight is 257 g/mol. The Hall–Kier alpha value is -2.76. The summed E-state index contributed by atoms with van der Waals surface area (Å²) in [6, 6.07) is 7.93. The molecule has 0 atom stereocenters. The maximum absolute atomic E-state index is 12.1. The summed E-state index contributed by atoms with van der Waals surface area (Å²) >= 11 is 0. The lowest BCUT2D eigenvalue weighted by molar-refractivity contribution is 0.0690. The Morgan fingerprint density at radius 1 is 1.11 bits per heavy atom. The molecule has 1 amide bonds. The fraction of sp³-hybridized carbons (Fsp3) is 0.0769. The molecule has 0 aliphatic heterocycles. The van der Waals surface area contributed by atoms with Gasteiger partial charge in [0, 0.05) is 13.2 Å². The molecule has 0 saturated carbocycles. The van der Waals surface area contributed by atoms with Gasteiger partial charge in [0.15, 0.2) is 0 Å². The van der Waals surface area contributed by atoms with Gasteiger partial charge >= 0.3 is 5.97 Å². The van der Waals surface area contributed by atoms with E-state index in [1.54, 1.807) is 25.2 Å². The van der Waals surface area contributed by atoms with Gasteiger partial charge in [0.25, 0.3) is 5.91 Å². The average Bonchev–Trinajstić information content (AvgIpc) is 2.46. The fourth-order valence-electron chi connectivity index (χ4n) is 1.49. The molecule has 0 unspecified atom stereocenters. The van der Waals surface area contributed by atoms with Gasteiger partial charge in [-0.3, -0.25) is 9.78 Å². The topological polar surface area (TPSA) is 83.4 Å². The van der Waals surface area contributed by atoms with E-state index in [9.17, 15) is 9.59 Å². The minimum Gasteiger partial charge on any atom is -0.477 e. The lowest BCUT2D eigenvalue weighted by atomic mass is 10.3. The number of carbonyl (C=O) groups is 2. The number of aromatic carboxylic acids is 1. The second-order valence-electron chi connectivity index (χ2n) is 3.79. The van der Waals surface area contributed by atoms with Crippen LogP contribution in [-0.4, -0.2) is 34.0 Å². The molecule has 2 aromatic heterocycles. The van der Waals surface area contributed by atoms with E-state index >= 15 is 0 Å². The van der Waals surface area contributed by atoms with Crippen molar-refractivity contribution in [3.8, 4) is 0 Å². The van der Waals surface area contributed by atoms with E-state index in [1.807, 2.05) is 0 Å². The van der Waals surface area contributed by atoms with Crippen molar-refractivity contribution in [2.24, 2.45) is 0 Å². The molecule has 0 saturated heterocycles. The zero-order valence-electron chi connectivity index (χ0n) is 10.1. The molecule has 19 heavy (non-hydrogen) atoms. The van der Waals surface area contributed by atoms with Crippen LogP contribution in [0.1, 0.15) is 21.0 Å². The van der Waals surface area contributed by atoms with Gasteiger partial charge in [0.2, 0.25) is 0 Å². The Balaban J connectivity index is 2.22. The smallest absolute Gasteiger partial charge is 0.354 e. The van der Waals surface area contributed by atoms with E-state index in [-0.39, 0.29) is 11.6 Å². The van der Waals surface area contributed by atoms with E-state index in [0.717, 1.165) is 0 Å². The maximum atomic E-state index is 12.1. The molecule has 0 aromatic carbocycles. The van der Waals surface area contributed by atoms with Crippen LogP contribution in [0.5, 0.6) is 0 Å². The van der Waals surface area contributed by atoms with Crippen molar-refractivity contribution < 1.29 is 14.7 Å². The summed E-state index contributed by atoms with van der Waals surface area (Å²) < 4.78 is 0. The number of carboxylic acids is 1. The van der Waals surface area contributed by atoms with E-state index < -0.39 is 5.97 Å². The van der Waals surface area contributed by atoms with Gasteiger partial charge in [-0.1, -0.05) is 6.07 Å². The summed E-state index contributed by atoms with van der Waals surface area (Å²) in [5, 5.41) is 8.75. The predicted molar refractivity (Wildman–Crippen MR) is 68.2 cm³/mol. The molecule has 1 N–H and O–H groups in total. The number of carboxylic acid groups (broad SMARTS) is 1. The third-order valence-electron chi connectivity index (χ3n) is 2.54. The summed E-state index contributed by atoms with van der Waals surface area (Å²) in [5.74, 6) is -1.39. The number of aromatic nitrogens is 2. The van der Waals surface area contributed by atoms with Gasteiger partial charge in [0.05, 0.1) is 11.9 Å². The number of rotatable bonds is 3. The van der Waals surface area contributed by atoms with Gasteiger partial charge in [-0.25, -0.2) is 9.78 Å². The molecule has 0 aliphatic rings. The van der Waals surface area contributed by atoms with Crippen molar-refractivity contribution in [3.05, 3.63) is 54.1 Å². The first kappa shape index (κ1) is 12.7. The van der Waals surface area contributed by atoms with Crippen LogP contribution in [0.4, 0.5) is 5.69 Å². The van der Waals surface area contributed by atoms with Gasteiger partial charge in [-0.15, -0.1) is 0 Å². The summed E-state index contributed by atoms with van der Waals surface area (Å²) in [7, 11) is 1.58. The highest BCUT2D eigenvalue weighted by Gasteiger charge is 2.15. The zero-order chi connectivity index (χ0) is 13.8. The van der Waals surface area contributed by atoms with Crippen LogP contribution < -0.4 is 4.90 Å². The van der Waals surface area contributed by atoms with E-state index in [4.69, 9.17) is 5.11 Å². The van der Waals surface area contributed by atoms with E-state index in [1.165, 1.54) is 29.4 Å². The molecule has 0 fully saturated rings. The van der Waals surface area contributed by atoms with Crippen molar-refractivity contribution >= 4 is 17.6 Å². The van der Waals surface area contributed by atoms with Crippen molar-refractivity contribution in [3.63, 3.8) is 0 Å². The Morgan fingerprint density at radius 3 is 2.42 bits per heavy atom. The molecule has 2 aromatic rings. The molecule has 0 spiro atoms. The number of hydrogen-bond acceptors (Lipinski definition) is 4. The van der Waals surface area contributed by atoms with Crippen LogP contribution in [0.3, 0.4) is 0 Å². The Kier molecular flexibility index (Phi) is 3.51. The molecule has 0 bridgehead atoms. The lowest BCUT2D eigenvalue weighted by Gasteiger charge is -2.16. The highest BCUT2D eigenvalue weighted by molar-refractivity contribution is 6.04. The number of pyridine rings is 2. The first-order valence-electron chi connectivity index (χ1n) is 5.48. The first-order valence-corrected chi connectivity index (χ1v) is 5.48. The minimum absolute atomic E-state index is 0.0672. The number of nitrogens with zero attached hydrogens (tertiary/aromatic N) is 3. The third kappa shape index (κ3) is 2.74. The molecule has 6 heteroatoms. The van der Waals surface area contributed by atoms with Crippen molar-refractivity contribution in [1.82, 2.24) is 9.97 Å². The van der Waals surface area contributed by atoms with Crippen LogP contribution in [-0.2, 0) is 0 Å². The first-order chi connectivity index (χ1) is 9.09. The molecular formula is C13H11N3O3. The Bertz CT molecular complexity index is 596. The standard InChI is InChI=1S/C13H11N3O3/c1-16(12(17)10-4-2-3-7-14-10)9-5-6-11(13(18)19)15-8-9/h2-8H,1H3,(H,18,19). The van der Waals surface area contributed by atoms with Crippen LogP contribution in [0.25, 0.3) is 0 Å². The van der Waals surface area contributed by atoms with Crippen molar-refractivity contribution in [2.45, 2.75) is 0 Å². The van der Waals surface area contributed by atoms with Crippen LogP contribution >= 0.6 is 0 Å². The lowest BCUT2D eigenvalue weighted by Crippen LogP contribution is -2.27. The van der Waals surface area contributed by atoms with Gasteiger partial charge < -0.3 is 10.0 Å². The monoisotopic (exact) mass is 257 g/mol. The van der Waals surface area contributed by atoms with Gasteiger partial charge in [-0.05, 0) is 24.3 Å². The Labute approximate surface area is 109 Å². The summed E-state index contributed by atoms with van der Waals surface area (Å²) in [4.78, 5) is 31.9. The summed E-state index contributed by atoms with van der Waals surface area (Å²) in [5.41, 5.74) is 0.746. The van der Waals surface area contributed by atoms with Crippen LogP contribution in [0.15, 0.2) is 42.7 Å². The molecule has 2 rings (SSSR count). The van der Waals surface area contributed by atoms with Crippen LogP contribution in [0.2, 0.25) is 0 Å². The number of hydrogen-bond donors (Lipinski definition) is 1. The van der Waals surface area contributed by atoms with E-state index in [0.29, 0.717) is 11.4 Å². The highest BCUT2D eigenvalue weighted by Crippen LogP contribution is 2.13. The zero-order valence-corrected chi connectivity index (χ0v) is 10.1. The quantitative estimate of drug-likeness (QED) is 0.899. The molecule has 2 heterocycles. The SMILES string of the molecule is CN(C(=O)c1ccccn1)c1ccc(C(=O)O)nc1. The largest absolute Gasteiger partial charge is 0.477 e. The number of amides is 1. The van der Waals surface area contributed by atoms with E-state index in [2.05, 4.69) is 9.97 Å². The Morgan fingerprint density at radius 2 is 1.89 bits per heavy atom. The molecule has 0 radical (unpaired) electrons. The van der Waals surface area contributed by atoms with Gasteiger partial charge in [0.1, 0.15) is 11.4 Å². The van der Waals surface area contributed by atoms with Crippen molar-refractivity contribution in [1.29, 1.82) is 0 Å². The maximum Gasteiger partial charge on any atom is 0.354 e. The molecular weight excluding hydrogens is 246 g/mol. The molecule has 6 nitrogen and oxygen atoms in total. The number of anilines is 1. The fourth-order valence-corrected chi connectivity index (χ4v) is 1.49. The van der Waals surface area contributed by atoms with Crippen molar-refractivity contribution in [2.75, 3.05) is 11.9 Å². The summed E-state index contributed by atoms with van der Waals surface area (Å²) in [6.45, 7) is 0. The minimum atomic E-state index is -1.11. The van der Waals surface area contributed by atoms with Gasteiger partial charge in [-0.2, -0.15) is 0 Å². The third-order valence-corrected chi connectivity index (χ3v) is 2.54. The normalized spacial score (nSPS) is 9.95. The predicted octanol–water partition coefficient (Wildman–Crippen LogP) is 1.45. The second-order valence-corrected chi connectivity index (χ2v) is 3.79. The molecule has 96 valence electrons.